The van der Waals surface area contributed by atoms with Gasteiger partial charge in [0.25, 0.3) is 11.7 Å². The second-order valence-electron chi connectivity index (χ2n) is 8.50. The Morgan fingerprint density at radius 1 is 1.00 bits per heavy atom. The monoisotopic (exact) mass is 500 g/mol. The van der Waals surface area contributed by atoms with Gasteiger partial charge in [-0.25, -0.2) is 0 Å². The number of anilines is 2. The molecule has 1 saturated heterocycles. The van der Waals surface area contributed by atoms with Crippen LogP contribution in [0.2, 0.25) is 0 Å². The van der Waals surface area contributed by atoms with E-state index in [4.69, 9.17) is 14.2 Å². The van der Waals surface area contributed by atoms with E-state index in [0.29, 0.717) is 53.0 Å². The van der Waals surface area contributed by atoms with E-state index in [2.05, 4.69) is 5.32 Å². The summed E-state index contributed by atoms with van der Waals surface area (Å²) in [5, 5.41) is 14.1. The summed E-state index contributed by atoms with van der Waals surface area (Å²) in [6.45, 7) is 2.17. The highest BCUT2D eigenvalue weighted by atomic mass is 16.6. The molecule has 188 valence electrons. The van der Waals surface area contributed by atoms with E-state index in [9.17, 15) is 19.5 Å². The van der Waals surface area contributed by atoms with Gasteiger partial charge in [0.1, 0.15) is 24.7 Å². The van der Waals surface area contributed by atoms with Gasteiger partial charge in [0, 0.05) is 29.4 Å². The average Bonchev–Trinajstić information content (AvgIpc) is 3.18. The van der Waals surface area contributed by atoms with E-state index in [1.807, 2.05) is 0 Å². The zero-order valence-electron chi connectivity index (χ0n) is 20.2. The number of rotatable bonds is 5. The Balaban J connectivity index is 1.67. The number of fused-ring (bicyclic) bond motifs is 1. The molecule has 0 saturated carbocycles. The summed E-state index contributed by atoms with van der Waals surface area (Å²) in [7, 11) is 1.49. The first kappa shape index (κ1) is 23.9. The molecule has 9 heteroatoms. The number of Topliss-reactive ketones (excluding diaryl/α,β-unsaturated/α-hetero) is 1. The molecule has 0 aromatic heterocycles. The molecule has 1 unspecified atom stereocenters. The smallest absolute Gasteiger partial charge is 0.300 e. The standard InChI is InChI=1S/C28H24N2O7/c1-16(31)29-18-8-10-19(11-9-18)30-25(20-5-3-4-6-21(20)35-2)24(27(33)28(30)34)26(32)17-7-12-22-23(15-17)37-14-13-36-22/h3-12,15,25,32H,13-14H2,1-2H3,(H,29,31)/b26-24+. The molecular formula is C28H24N2O7. The van der Waals surface area contributed by atoms with E-state index in [1.165, 1.54) is 18.9 Å². The van der Waals surface area contributed by atoms with Crippen LogP contribution in [0.5, 0.6) is 17.2 Å². The quantitative estimate of drug-likeness (QED) is 0.309. The van der Waals surface area contributed by atoms with Crippen LogP contribution in [-0.2, 0) is 14.4 Å². The molecule has 37 heavy (non-hydrogen) atoms. The van der Waals surface area contributed by atoms with Gasteiger partial charge in [-0.2, -0.15) is 0 Å². The highest BCUT2D eigenvalue weighted by Gasteiger charge is 2.48. The van der Waals surface area contributed by atoms with Gasteiger partial charge < -0.3 is 24.6 Å². The third-order valence-corrected chi connectivity index (χ3v) is 6.16. The van der Waals surface area contributed by atoms with Crippen LogP contribution in [0, 0.1) is 0 Å². The van der Waals surface area contributed by atoms with E-state index in [-0.39, 0.29) is 17.2 Å². The summed E-state index contributed by atoms with van der Waals surface area (Å²) in [5.41, 5.74) is 1.70. The number of nitrogens with one attached hydrogen (secondary N) is 1. The van der Waals surface area contributed by atoms with Crippen LogP contribution in [0.3, 0.4) is 0 Å². The van der Waals surface area contributed by atoms with Gasteiger partial charge >= 0.3 is 0 Å². The van der Waals surface area contributed by atoms with Gasteiger partial charge in [0.05, 0.1) is 18.7 Å². The fourth-order valence-corrected chi connectivity index (χ4v) is 4.54. The Morgan fingerprint density at radius 2 is 1.70 bits per heavy atom. The van der Waals surface area contributed by atoms with Crippen LogP contribution in [0.25, 0.3) is 5.76 Å². The van der Waals surface area contributed by atoms with Crippen molar-refractivity contribution in [2.24, 2.45) is 0 Å². The Kier molecular flexibility index (Phi) is 6.27. The number of hydrogen-bond acceptors (Lipinski definition) is 7. The maximum Gasteiger partial charge on any atom is 0.300 e. The average molecular weight is 501 g/mol. The van der Waals surface area contributed by atoms with Gasteiger partial charge in [0.15, 0.2) is 11.5 Å². The van der Waals surface area contributed by atoms with Crippen LogP contribution in [0.4, 0.5) is 11.4 Å². The van der Waals surface area contributed by atoms with Crippen molar-refractivity contribution in [3.05, 3.63) is 83.4 Å². The lowest BCUT2D eigenvalue weighted by Gasteiger charge is -2.27. The van der Waals surface area contributed by atoms with Crippen molar-refractivity contribution in [2.45, 2.75) is 13.0 Å². The number of hydrogen-bond donors (Lipinski definition) is 2. The Labute approximate surface area is 212 Å². The molecule has 1 fully saturated rings. The van der Waals surface area contributed by atoms with Crippen LogP contribution in [-0.4, -0.2) is 43.0 Å². The number of carbonyl (C=O) groups excluding carboxylic acids is 3. The van der Waals surface area contributed by atoms with Gasteiger partial charge in [0.2, 0.25) is 5.91 Å². The van der Waals surface area contributed by atoms with Gasteiger partial charge in [-0.3, -0.25) is 19.3 Å². The second kappa shape index (κ2) is 9.69. The molecule has 2 aliphatic heterocycles. The zero-order valence-corrected chi connectivity index (χ0v) is 20.2. The molecule has 0 spiro atoms. The second-order valence-corrected chi connectivity index (χ2v) is 8.50. The fourth-order valence-electron chi connectivity index (χ4n) is 4.54. The molecule has 2 amide bonds. The van der Waals surface area contributed by atoms with Crippen LogP contribution < -0.4 is 24.4 Å². The van der Waals surface area contributed by atoms with Gasteiger partial charge in [-0.05, 0) is 48.5 Å². The van der Waals surface area contributed by atoms with E-state index < -0.39 is 17.7 Å². The molecule has 0 aliphatic carbocycles. The third kappa shape index (κ3) is 4.35. The summed E-state index contributed by atoms with van der Waals surface area (Å²) in [6.07, 6.45) is 0. The zero-order chi connectivity index (χ0) is 26.1. The number of ether oxygens (including phenoxy) is 3. The minimum absolute atomic E-state index is 0.0860. The predicted molar refractivity (Wildman–Crippen MR) is 136 cm³/mol. The lowest BCUT2D eigenvalue weighted by molar-refractivity contribution is -0.132. The summed E-state index contributed by atoms with van der Waals surface area (Å²) in [4.78, 5) is 39.6. The summed E-state index contributed by atoms with van der Waals surface area (Å²) >= 11 is 0. The van der Waals surface area contributed by atoms with Crippen molar-refractivity contribution in [2.75, 3.05) is 30.5 Å². The van der Waals surface area contributed by atoms with Crippen molar-refractivity contribution in [3.63, 3.8) is 0 Å². The lowest BCUT2D eigenvalue weighted by atomic mass is 9.94. The van der Waals surface area contributed by atoms with Crippen molar-refractivity contribution in [1.29, 1.82) is 0 Å². The molecule has 1 atom stereocenters. The molecular weight excluding hydrogens is 476 g/mol. The van der Waals surface area contributed by atoms with Crippen molar-refractivity contribution < 1.29 is 33.7 Å². The minimum Gasteiger partial charge on any atom is -0.507 e. The van der Waals surface area contributed by atoms with E-state index in [1.54, 1.807) is 66.7 Å². The molecule has 2 aliphatic rings. The molecule has 3 aromatic rings. The highest BCUT2D eigenvalue weighted by Crippen LogP contribution is 2.45. The highest BCUT2D eigenvalue weighted by molar-refractivity contribution is 6.51. The molecule has 9 nitrogen and oxygen atoms in total. The number of amides is 2. The summed E-state index contributed by atoms with van der Waals surface area (Å²) in [5.74, 6) is -0.806. The van der Waals surface area contributed by atoms with Crippen molar-refractivity contribution in [3.8, 4) is 17.2 Å². The topological polar surface area (TPSA) is 114 Å². The fraction of sp³-hybridized carbons (Fsp3) is 0.179. The van der Waals surface area contributed by atoms with Crippen molar-refractivity contribution in [1.82, 2.24) is 0 Å². The SMILES string of the molecule is COc1ccccc1C1/C(=C(\O)c2ccc3c(c2)OCCO3)C(=O)C(=O)N1c1ccc(NC(C)=O)cc1. The largest absolute Gasteiger partial charge is 0.507 e. The number of para-hydroxylation sites is 1. The Hall–Kier alpha value is -4.79. The van der Waals surface area contributed by atoms with Gasteiger partial charge in [-0.15, -0.1) is 0 Å². The number of aliphatic hydroxyl groups is 1. The molecule has 2 N–H and O–H groups in total. The number of aliphatic hydroxyl groups excluding tert-OH is 1. The number of carbonyl (C=O) groups is 3. The van der Waals surface area contributed by atoms with Crippen LogP contribution in [0.1, 0.15) is 24.1 Å². The minimum atomic E-state index is -0.976. The third-order valence-electron chi connectivity index (χ3n) is 6.16. The summed E-state index contributed by atoms with van der Waals surface area (Å²) < 4.78 is 16.7. The Morgan fingerprint density at radius 3 is 2.41 bits per heavy atom. The number of ketones is 1. The predicted octanol–water partition coefficient (Wildman–Crippen LogP) is 4.05. The first-order valence-electron chi connectivity index (χ1n) is 11.6. The van der Waals surface area contributed by atoms with Crippen molar-refractivity contribution >= 4 is 34.7 Å². The van der Waals surface area contributed by atoms with Crippen LogP contribution >= 0.6 is 0 Å². The molecule has 5 rings (SSSR count). The number of methoxy groups -OCH3 is 1. The van der Waals surface area contributed by atoms with E-state index >= 15 is 0 Å². The number of benzene rings is 3. The molecule has 0 bridgehead atoms. The molecule has 2 heterocycles. The molecule has 0 radical (unpaired) electrons. The first-order valence-corrected chi connectivity index (χ1v) is 11.6. The first-order chi connectivity index (χ1) is 17.9. The maximum absolute atomic E-state index is 13.4. The Bertz CT molecular complexity index is 1430. The normalized spacial score (nSPS) is 18.0. The lowest BCUT2D eigenvalue weighted by Crippen LogP contribution is -2.29. The number of nitrogens with zero attached hydrogens (tertiary/aromatic N) is 1. The van der Waals surface area contributed by atoms with Crippen LogP contribution in [0.15, 0.2) is 72.3 Å². The maximum atomic E-state index is 13.4. The van der Waals surface area contributed by atoms with E-state index in [0.717, 1.165) is 0 Å². The molecule has 3 aromatic carbocycles. The summed E-state index contributed by atoms with van der Waals surface area (Å²) in [6, 6.07) is 17.4. The van der Waals surface area contributed by atoms with Gasteiger partial charge in [-0.1, -0.05) is 18.2 Å².